The first-order chi connectivity index (χ1) is 7.63. The summed E-state index contributed by atoms with van der Waals surface area (Å²) in [6.45, 7) is 1.35. The third kappa shape index (κ3) is 3.64. The van der Waals surface area contributed by atoms with Crippen molar-refractivity contribution in [2.45, 2.75) is 18.6 Å². The van der Waals surface area contributed by atoms with Crippen LogP contribution < -0.4 is 5.73 Å². The Morgan fingerprint density at radius 3 is 2.18 bits per heavy atom. The summed E-state index contributed by atoms with van der Waals surface area (Å²) in [5.41, 5.74) is 4.90. The van der Waals surface area contributed by atoms with E-state index < -0.39 is 19.1 Å². The van der Waals surface area contributed by atoms with Crippen LogP contribution in [0.4, 0.5) is 0 Å². The molecule has 7 heteroatoms. The van der Waals surface area contributed by atoms with E-state index in [0.29, 0.717) is 11.1 Å². The Balaban J connectivity index is 2.96. The molecule has 0 aliphatic heterocycles. The van der Waals surface area contributed by atoms with Crippen LogP contribution in [0.3, 0.4) is 0 Å². The number of nitrogens with two attached hydrogens (primary N) is 1. The number of benzene rings is 1. The maximum atomic E-state index is 10.9. The highest BCUT2D eigenvalue weighted by Gasteiger charge is 2.30. The van der Waals surface area contributed by atoms with Gasteiger partial charge in [-0.25, -0.2) is 4.79 Å². The monoisotopic (exact) mass is 259 g/mol. The van der Waals surface area contributed by atoms with Crippen LogP contribution in [0.15, 0.2) is 24.3 Å². The Hall–Kier alpha value is -1.20. The molecule has 0 bridgehead atoms. The van der Waals surface area contributed by atoms with Gasteiger partial charge in [-0.2, -0.15) is 0 Å². The van der Waals surface area contributed by atoms with Gasteiger partial charge in [-0.15, -0.1) is 0 Å². The van der Waals surface area contributed by atoms with Gasteiger partial charge in [0.15, 0.2) is 0 Å². The first-order valence-corrected chi connectivity index (χ1v) is 6.59. The minimum Gasteiger partial charge on any atom is -0.480 e. The van der Waals surface area contributed by atoms with Crippen molar-refractivity contribution < 1.29 is 24.3 Å². The number of carboxylic acids is 1. The number of hydrogen-bond acceptors (Lipinski definition) is 3. The Bertz CT molecular complexity index is 462. The molecule has 1 unspecified atom stereocenters. The van der Waals surface area contributed by atoms with Gasteiger partial charge in [0.1, 0.15) is 5.54 Å². The molecule has 1 aromatic carbocycles. The molecule has 0 aliphatic carbocycles. The molecule has 17 heavy (non-hydrogen) atoms. The van der Waals surface area contributed by atoms with Crippen LogP contribution in [0.2, 0.25) is 0 Å². The average Bonchev–Trinajstić information content (AvgIpc) is 2.15. The van der Waals surface area contributed by atoms with Crippen molar-refractivity contribution in [3.63, 3.8) is 0 Å². The molecule has 1 aromatic rings. The van der Waals surface area contributed by atoms with Gasteiger partial charge in [-0.1, -0.05) is 24.3 Å². The van der Waals surface area contributed by atoms with Crippen molar-refractivity contribution in [2.75, 3.05) is 0 Å². The fourth-order valence-electron chi connectivity index (χ4n) is 1.32. The molecule has 0 spiro atoms. The summed E-state index contributed by atoms with van der Waals surface area (Å²) in [5, 5.41) is 8.90. The molecule has 0 aromatic heterocycles. The van der Waals surface area contributed by atoms with Gasteiger partial charge >= 0.3 is 13.6 Å². The largest absolute Gasteiger partial charge is 0.480 e. The molecule has 0 saturated carbocycles. The molecule has 0 heterocycles. The molecule has 0 aliphatic rings. The molecule has 0 fully saturated rings. The van der Waals surface area contributed by atoms with Gasteiger partial charge < -0.3 is 20.6 Å². The Morgan fingerprint density at radius 1 is 1.35 bits per heavy atom. The third-order valence-electron chi connectivity index (χ3n) is 2.39. The second kappa shape index (κ2) is 4.58. The second-order valence-electron chi connectivity index (χ2n) is 4.03. The highest BCUT2D eigenvalue weighted by molar-refractivity contribution is 7.50. The smallest absolute Gasteiger partial charge is 0.329 e. The number of aliphatic carboxylic acids is 1. The molecule has 1 rings (SSSR count). The molecule has 0 radical (unpaired) electrons. The Kier molecular flexibility index (Phi) is 3.74. The lowest BCUT2D eigenvalue weighted by atomic mass is 9.93. The van der Waals surface area contributed by atoms with E-state index in [1.54, 1.807) is 0 Å². The molecule has 0 amide bonds. The first kappa shape index (κ1) is 13.9. The van der Waals surface area contributed by atoms with E-state index >= 15 is 0 Å². The van der Waals surface area contributed by atoms with E-state index in [2.05, 4.69) is 0 Å². The Morgan fingerprint density at radius 2 is 1.82 bits per heavy atom. The summed E-state index contributed by atoms with van der Waals surface area (Å²) in [5.74, 6) is -1.17. The minimum absolute atomic E-state index is 0.373. The molecule has 1 atom stereocenters. The molecule has 0 saturated heterocycles. The maximum Gasteiger partial charge on any atom is 0.329 e. The lowest BCUT2D eigenvalue weighted by molar-refractivity contribution is -0.143. The number of hydrogen-bond donors (Lipinski definition) is 4. The molecule has 94 valence electrons. The zero-order valence-electron chi connectivity index (χ0n) is 9.20. The first-order valence-electron chi connectivity index (χ1n) is 4.79. The van der Waals surface area contributed by atoms with Gasteiger partial charge in [0.05, 0.1) is 6.16 Å². The number of carboxylic acid groups (broad SMARTS) is 1. The molecule has 6 nitrogen and oxygen atoms in total. The van der Waals surface area contributed by atoms with Gasteiger partial charge in [0.2, 0.25) is 0 Å². The zero-order chi connectivity index (χ0) is 13.3. The van der Waals surface area contributed by atoms with E-state index in [1.165, 1.54) is 31.2 Å². The standard InChI is InChI=1S/C10H14NO5P/c1-10(11,9(12)13)8-4-2-7(3-5-8)6-17(14,15)16/h2-5H,6,11H2,1H3,(H,12,13)(H2,14,15,16). The molecule has 5 N–H and O–H groups in total. The van der Waals surface area contributed by atoms with Gasteiger partial charge in [-0.3, -0.25) is 4.57 Å². The van der Waals surface area contributed by atoms with Crippen molar-refractivity contribution in [1.82, 2.24) is 0 Å². The van der Waals surface area contributed by atoms with Crippen LogP contribution in [0.25, 0.3) is 0 Å². The molecular formula is C10H14NO5P. The minimum atomic E-state index is -4.11. The van der Waals surface area contributed by atoms with Crippen molar-refractivity contribution in [3.8, 4) is 0 Å². The Labute approximate surface area is 98.2 Å². The predicted molar refractivity (Wildman–Crippen MR) is 61.4 cm³/mol. The third-order valence-corrected chi connectivity index (χ3v) is 3.16. The highest BCUT2D eigenvalue weighted by atomic mass is 31.2. The summed E-state index contributed by atoms with van der Waals surface area (Å²) in [4.78, 5) is 28.4. The van der Waals surface area contributed by atoms with Crippen LogP contribution >= 0.6 is 7.60 Å². The van der Waals surface area contributed by atoms with Crippen LogP contribution in [0, 0.1) is 0 Å². The van der Waals surface area contributed by atoms with Gasteiger partial charge in [0.25, 0.3) is 0 Å². The van der Waals surface area contributed by atoms with Crippen molar-refractivity contribution in [3.05, 3.63) is 35.4 Å². The van der Waals surface area contributed by atoms with E-state index in [0.717, 1.165) is 0 Å². The van der Waals surface area contributed by atoms with Crippen molar-refractivity contribution >= 4 is 13.6 Å². The van der Waals surface area contributed by atoms with Gasteiger partial charge in [0, 0.05) is 0 Å². The number of rotatable bonds is 4. The lowest BCUT2D eigenvalue weighted by Crippen LogP contribution is -2.41. The average molecular weight is 259 g/mol. The summed E-state index contributed by atoms with van der Waals surface area (Å²) in [6.07, 6.45) is -0.373. The normalized spacial score (nSPS) is 15.3. The zero-order valence-corrected chi connectivity index (χ0v) is 10.1. The fraction of sp³-hybridized carbons (Fsp3) is 0.300. The van der Waals surface area contributed by atoms with Crippen molar-refractivity contribution in [1.29, 1.82) is 0 Å². The second-order valence-corrected chi connectivity index (χ2v) is 5.67. The van der Waals surface area contributed by atoms with Gasteiger partial charge in [-0.05, 0) is 18.1 Å². The summed E-state index contributed by atoms with van der Waals surface area (Å²) < 4.78 is 10.8. The summed E-state index contributed by atoms with van der Waals surface area (Å²) >= 11 is 0. The van der Waals surface area contributed by atoms with Crippen molar-refractivity contribution in [2.24, 2.45) is 5.73 Å². The van der Waals surface area contributed by atoms with Crippen LogP contribution in [0.1, 0.15) is 18.1 Å². The van der Waals surface area contributed by atoms with Crippen LogP contribution in [0.5, 0.6) is 0 Å². The van der Waals surface area contributed by atoms with E-state index in [4.69, 9.17) is 20.6 Å². The summed E-state index contributed by atoms with van der Waals surface area (Å²) in [6, 6.07) is 5.84. The predicted octanol–water partition coefficient (Wildman–Crippen LogP) is 0.623. The van der Waals surface area contributed by atoms with Crippen LogP contribution in [-0.2, 0) is 21.1 Å². The maximum absolute atomic E-state index is 10.9. The topological polar surface area (TPSA) is 121 Å². The fourth-order valence-corrected chi connectivity index (χ4v) is 2.00. The summed E-state index contributed by atoms with van der Waals surface area (Å²) in [7, 11) is -4.11. The SMILES string of the molecule is CC(N)(C(=O)O)c1ccc(CP(=O)(O)O)cc1. The van der Waals surface area contributed by atoms with E-state index in [9.17, 15) is 9.36 Å². The van der Waals surface area contributed by atoms with E-state index in [-0.39, 0.29) is 6.16 Å². The quantitative estimate of drug-likeness (QED) is 0.588. The number of carbonyl (C=O) groups is 1. The molecular weight excluding hydrogens is 245 g/mol. The highest BCUT2D eigenvalue weighted by Crippen LogP contribution is 2.39. The van der Waals surface area contributed by atoms with E-state index in [1.807, 2.05) is 0 Å². The van der Waals surface area contributed by atoms with Crippen LogP contribution in [-0.4, -0.2) is 20.9 Å². The lowest BCUT2D eigenvalue weighted by Gasteiger charge is -2.19.